The molecular formula is C14H20Cl2N2O2. The van der Waals surface area contributed by atoms with E-state index in [1.54, 1.807) is 6.07 Å². The molecule has 0 saturated carbocycles. The zero-order chi connectivity index (χ0) is 14.8. The van der Waals surface area contributed by atoms with Crippen molar-refractivity contribution in [2.75, 3.05) is 26.8 Å². The van der Waals surface area contributed by atoms with Crippen molar-refractivity contribution < 1.29 is 9.84 Å². The molecule has 0 aliphatic carbocycles. The van der Waals surface area contributed by atoms with E-state index in [9.17, 15) is 5.11 Å². The lowest BCUT2D eigenvalue weighted by molar-refractivity contribution is -0.0777. The molecule has 0 bridgehead atoms. The van der Waals surface area contributed by atoms with Crippen molar-refractivity contribution in [3.63, 3.8) is 0 Å². The minimum absolute atomic E-state index is 0.431. The standard InChI is InChI=1S/C14H20Cl2N2O2/c1-10-7-12(15)11(13(16)17-10)8-18(2)9-14(19)3-5-20-6-4-14/h7,19H,3-6,8-9H2,1-2H3. The molecule has 1 aromatic heterocycles. The van der Waals surface area contributed by atoms with Crippen molar-refractivity contribution in [3.05, 3.63) is 27.5 Å². The fourth-order valence-corrected chi connectivity index (χ4v) is 3.15. The molecule has 0 spiro atoms. The minimum atomic E-state index is -0.690. The van der Waals surface area contributed by atoms with Crippen LogP contribution >= 0.6 is 23.2 Å². The molecule has 4 nitrogen and oxygen atoms in total. The van der Waals surface area contributed by atoms with Crippen molar-refractivity contribution in [2.24, 2.45) is 0 Å². The van der Waals surface area contributed by atoms with Crippen LogP contribution in [0.3, 0.4) is 0 Å². The molecule has 20 heavy (non-hydrogen) atoms. The summed E-state index contributed by atoms with van der Waals surface area (Å²) in [5, 5.41) is 11.5. The van der Waals surface area contributed by atoms with Gasteiger partial charge in [0.15, 0.2) is 0 Å². The van der Waals surface area contributed by atoms with Crippen LogP contribution in [0.4, 0.5) is 0 Å². The Morgan fingerprint density at radius 2 is 2.05 bits per heavy atom. The Bertz CT molecular complexity index is 453. The third kappa shape index (κ3) is 4.06. The average molecular weight is 319 g/mol. The summed E-state index contributed by atoms with van der Waals surface area (Å²) in [6.45, 7) is 4.21. The molecule has 0 atom stereocenters. The number of likely N-dealkylation sites (N-methyl/N-ethyl adjacent to an activating group) is 1. The quantitative estimate of drug-likeness (QED) is 0.867. The van der Waals surface area contributed by atoms with Crippen LogP contribution in [0, 0.1) is 6.92 Å². The molecule has 2 heterocycles. The molecule has 0 aromatic carbocycles. The van der Waals surface area contributed by atoms with Gasteiger partial charge < -0.3 is 9.84 Å². The van der Waals surface area contributed by atoms with Gasteiger partial charge in [0.2, 0.25) is 0 Å². The van der Waals surface area contributed by atoms with Crippen molar-refractivity contribution >= 4 is 23.2 Å². The first-order chi connectivity index (χ1) is 9.39. The number of hydrogen-bond acceptors (Lipinski definition) is 4. The number of hydrogen-bond donors (Lipinski definition) is 1. The van der Waals surface area contributed by atoms with E-state index in [1.807, 2.05) is 18.9 Å². The molecule has 1 aliphatic rings. The predicted molar refractivity (Wildman–Crippen MR) is 80.3 cm³/mol. The molecule has 1 N–H and O–H groups in total. The van der Waals surface area contributed by atoms with Crippen LogP contribution in [-0.2, 0) is 11.3 Å². The molecule has 2 rings (SSSR count). The van der Waals surface area contributed by atoms with Gasteiger partial charge >= 0.3 is 0 Å². The number of nitrogens with zero attached hydrogens (tertiary/aromatic N) is 2. The number of halogens is 2. The van der Waals surface area contributed by atoms with E-state index in [-0.39, 0.29) is 0 Å². The second-order valence-corrected chi connectivity index (χ2v) is 6.29. The molecule has 0 amide bonds. The normalized spacial score (nSPS) is 18.5. The molecule has 1 aromatic rings. The molecule has 112 valence electrons. The van der Waals surface area contributed by atoms with Crippen LogP contribution in [0.5, 0.6) is 0 Å². The summed E-state index contributed by atoms with van der Waals surface area (Å²) in [4.78, 5) is 6.25. The Labute approximate surface area is 129 Å². The Morgan fingerprint density at radius 1 is 1.40 bits per heavy atom. The van der Waals surface area contributed by atoms with Gasteiger partial charge in [0.05, 0.1) is 5.60 Å². The van der Waals surface area contributed by atoms with Gasteiger partial charge in [0.25, 0.3) is 0 Å². The van der Waals surface area contributed by atoms with E-state index in [4.69, 9.17) is 27.9 Å². The van der Waals surface area contributed by atoms with Crippen LogP contribution in [0.15, 0.2) is 6.07 Å². The van der Waals surface area contributed by atoms with Crippen molar-refractivity contribution in [2.45, 2.75) is 31.9 Å². The van der Waals surface area contributed by atoms with E-state index in [1.165, 1.54) is 0 Å². The molecule has 6 heteroatoms. The largest absolute Gasteiger partial charge is 0.388 e. The first-order valence-electron chi connectivity index (χ1n) is 6.70. The molecule has 0 unspecified atom stereocenters. The minimum Gasteiger partial charge on any atom is -0.388 e. The third-order valence-corrected chi connectivity index (χ3v) is 4.21. The average Bonchev–Trinajstić information content (AvgIpc) is 2.34. The summed E-state index contributed by atoms with van der Waals surface area (Å²) in [5.74, 6) is 0. The highest BCUT2D eigenvalue weighted by atomic mass is 35.5. The van der Waals surface area contributed by atoms with E-state index in [0.717, 1.165) is 11.3 Å². The molecule has 1 aliphatic heterocycles. The van der Waals surface area contributed by atoms with E-state index < -0.39 is 5.60 Å². The van der Waals surface area contributed by atoms with E-state index in [2.05, 4.69) is 4.98 Å². The lowest BCUT2D eigenvalue weighted by Crippen LogP contribution is -2.45. The van der Waals surface area contributed by atoms with Gasteiger partial charge in [0, 0.05) is 55.4 Å². The monoisotopic (exact) mass is 318 g/mol. The van der Waals surface area contributed by atoms with Crippen molar-refractivity contribution in [1.29, 1.82) is 0 Å². The van der Waals surface area contributed by atoms with Gasteiger partial charge in [-0.25, -0.2) is 4.98 Å². The second kappa shape index (κ2) is 6.58. The predicted octanol–water partition coefficient (Wildman–Crippen LogP) is 2.67. The Kier molecular flexibility index (Phi) is 5.26. The topological polar surface area (TPSA) is 45.6 Å². The Morgan fingerprint density at radius 3 is 2.65 bits per heavy atom. The smallest absolute Gasteiger partial charge is 0.135 e. The van der Waals surface area contributed by atoms with Gasteiger partial charge in [-0.2, -0.15) is 0 Å². The van der Waals surface area contributed by atoms with Crippen molar-refractivity contribution in [1.82, 2.24) is 9.88 Å². The van der Waals surface area contributed by atoms with E-state index in [0.29, 0.717) is 49.3 Å². The van der Waals surface area contributed by atoms with Gasteiger partial charge in [-0.1, -0.05) is 23.2 Å². The van der Waals surface area contributed by atoms with Gasteiger partial charge in [0.1, 0.15) is 5.15 Å². The lowest BCUT2D eigenvalue weighted by Gasteiger charge is -2.35. The van der Waals surface area contributed by atoms with E-state index >= 15 is 0 Å². The zero-order valence-corrected chi connectivity index (χ0v) is 13.3. The maximum atomic E-state index is 10.5. The second-order valence-electron chi connectivity index (χ2n) is 5.52. The SMILES string of the molecule is Cc1cc(Cl)c(CN(C)CC2(O)CCOCC2)c(Cl)n1. The molecular weight excluding hydrogens is 299 g/mol. The summed E-state index contributed by atoms with van der Waals surface area (Å²) < 4.78 is 5.29. The highest BCUT2D eigenvalue weighted by Gasteiger charge is 2.31. The maximum absolute atomic E-state index is 10.5. The molecule has 1 saturated heterocycles. The molecule has 0 radical (unpaired) electrons. The number of aliphatic hydroxyl groups is 1. The number of ether oxygens (including phenoxy) is 1. The lowest BCUT2D eigenvalue weighted by atomic mass is 9.94. The van der Waals surface area contributed by atoms with Gasteiger partial charge in [-0.3, -0.25) is 4.90 Å². The maximum Gasteiger partial charge on any atom is 0.135 e. The summed E-state index contributed by atoms with van der Waals surface area (Å²) in [6.07, 6.45) is 1.32. The van der Waals surface area contributed by atoms with Gasteiger partial charge in [-0.05, 0) is 20.0 Å². The third-order valence-electron chi connectivity index (χ3n) is 3.56. The Balaban J connectivity index is 2.02. The fraction of sp³-hybridized carbons (Fsp3) is 0.643. The highest BCUT2D eigenvalue weighted by Crippen LogP contribution is 2.27. The first-order valence-corrected chi connectivity index (χ1v) is 7.45. The number of pyridine rings is 1. The summed E-state index contributed by atoms with van der Waals surface area (Å²) >= 11 is 12.4. The van der Waals surface area contributed by atoms with Gasteiger partial charge in [-0.15, -0.1) is 0 Å². The fourth-order valence-electron chi connectivity index (χ4n) is 2.50. The van der Waals surface area contributed by atoms with Crippen LogP contribution in [-0.4, -0.2) is 47.4 Å². The zero-order valence-electron chi connectivity index (χ0n) is 11.8. The van der Waals surface area contributed by atoms with Crippen LogP contribution in [0.1, 0.15) is 24.1 Å². The Hall–Kier alpha value is -0.390. The number of aryl methyl sites for hydroxylation is 1. The van der Waals surface area contributed by atoms with Crippen LogP contribution in [0.2, 0.25) is 10.2 Å². The summed E-state index contributed by atoms with van der Waals surface area (Å²) in [5.41, 5.74) is 0.913. The van der Waals surface area contributed by atoms with Crippen LogP contribution < -0.4 is 0 Å². The van der Waals surface area contributed by atoms with Crippen molar-refractivity contribution in [3.8, 4) is 0 Å². The highest BCUT2D eigenvalue weighted by molar-refractivity contribution is 6.35. The molecule has 1 fully saturated rings. The first kappa shape index (κ1) is 16.0. The summed E-state index contributed by atoms with van der Waals surface area (Å²) in [7, 11) is 1.94. The van der Waals surface area contributed by atoms with Crippen LogP contribution in [0.25, 0.3) is 0 Å². The summed E-state index contributed by atoms with van der Waals surface area (Å²) in [6, 6.07) is 1.81. The number of aromatic nitrogens is 1. The number of rotatable bonds is 4.